The first-order valence-electron chi connectivity index (χ1n) is 8.57. The van der Waals surface area contributed by atoms with Crippen LogP contribution in [0, 0.1) is 0 Å². The van der Waals surface area contributed by atoms with Gasteiger partial charge in [-0.15, -0.1) is 11.8 Å². The van der Waals surface area contributed by atoms with Gasteiger partial charge in [0, 0.05) is 37.7 Å². The lowest BCUT2D eigenvalue weighted by Gasteiger charge is -2.16. The van der Waals surface area contributed by atoms with E-state index in [0.29, 0.717) is 31.3 Å². The lowest BCUT2D eigenvalue weighted by molar-refractivity contribution is -0.118. The van der Waals surface area contributed by atoms with Crippen molar-refractivity contribution in [2.45, 2.75) is 23.8 Å². The number of rotatable bonds is 11. The molecule has 6 nitrogen and oxygen atoms in total. The molecule has 2 rings (SSSR count). The maximum absolute atomic E-state index is 12.4. The van der Waals surface area contributed by atoms with E-state index in [1.165, 1.54) is 24.6 Å². The summed E-state index contributed by atoms with van der Waals surface area (Å²) in [6.45, 7) is 2.47. The van der Waals surface area contributed by atoms with E-state index in [0.717, 1.165) is 11.4 Å². The van der Waals surface area contributed by atoms with Gasteiger partial charge in [-0.25, -0.2) is 0 Å². The van der Waals surface area contributed by atoms with Gasteiger partial charge in [0.1, 0.15) is 0 Å². The lowest BCUT2D eigenvalue weighted by atomic mass is 10.2. The summed E-state index contributed by atoms with van der Waals surface area (Å²) in [5.41, 5.74) is 0.617. The standard InChI is InChI=1S/C18H27N3O3S/c1-21(14-7-8-14)11-9-20-18(23)15-5-3-4-6-16(15)25-13-17(22)19-10-12-24-2/h3-6,14H,7-13H2,1-2H3,(H,19,22)(H,20,23). The molecule has 0 aromatic heterocycles. The quantitative estimate of drug-likeness (QED) is 0.458. The van der Waals surface area contributed by atoms with Crippen molar-refractivity contribution in [2.24, 2.45) is 0 Å². The number of benzene rings is 1. The van der Waals surface area contributed by atoms with Crippen molar-refractivity contribution < 1.29 is 14.3 Å². The van der Waals surface area contributed by atoms with E-state index in [-0.39, 0.29) is 17.6 Å². The fraction of sp³-hybridized carbons (Fsp3) is 0.556. The summed E-state index contributed by atoms with van der Waals surface area (Å²) in [6.07, 6.45) is 2.52. The van der Waals surface area contributed by atoms with E-state index in [1.54, 1.807) is 13.2 Å². The number of methoxy groups -OCH3 is 1. The number of carbonyl (C=O) groups is 2. The zero-order valence-corrected chi connectivity index (χ0v) is 15.7. The average Bonchev–Trinajstić information content (AvgIpc) is 3.45. The lowest BCUT2D eigenvalue weighted by Crippen LogP contribution is -2.34. The zero-order valence-electron chi connectivity index (χ0n) is 14.9. The molecule has 0 heterocycles. The van der Waals surface area contributed by atoms with Crippen LogP contribution in [0.5, 0.6) is 0 Å². The van der Waals surface area contributed by atoms with Gasteiger partial charge in [-0.3, -0.25) is 9.59 Å². The minimum Gasteiger partial charge on any atom is -0.383 e. The van der Waals surface area contributed by atoms with Crippen molar-refractivity contribution in [3.63, 3.8) is 0 Å². The number of amides is 2. The number of carbonyl (C=O) groups excluding carboxylic acids is 2. The van der Waals surface area contributed by atoms with Crippen molar-refractivity contribution in [2.75, 3.05) is 46.2 Å². The monoisotopic (exact) mass is 365 g/mol. The fourth-order valence-corrected chi connectivity index (χ4v) is 3.29. The Labute approximate surface area is 153 Å². The number of ether oxygens (including phenoxy) is 1. The number of nitrogens with zero attached hydrogens (tertiary/aromatic N) is 1. The Hall–Kier alpha value is -1.57. The molecule has 0 atom stereocenters. The van der Waals surface area contributed by atoms with Crippen molar-refractivity contribution in [1.82, 2.24) is 15.5 Å². The average molecular weight is 365 g/mol. The van der Waals surface area contributed by atoms with E-state index < -0.39 is 0 Å². The van der Waals surface area contributed by atoms with Crippen LogP contribution in [0.4, 0.5) is 0 Å². The molecule has 1 fully saturated rings. The Bertz CT molecular complexity index is 578. The molecule has 0 saturated heterocycles. The smallest absolute Gasteiger partial charge is 0.252 e. The first kappa shape index (κ1) is 19.8. The second kappa shape index (κ2) is 10.4. The van der Waals surface area contributed by atoms with Crippen LogP contribution in [0.25, 0.3) is 0 Å². The number of likely N-dealkylation sites (N-methyl/N-ethyl adjacent to an activating group) is 1. The van der Waals surface area contributed by atoms with Gasteiger partial charge in [-0.2, -0.15) is 0 Å². The summed E-state index contributed by atoms with van der Waals surface area (Å²) < 4.78 is 4.90. The molecule has 2 N–H and O–H groups in total. The Balaban J connectivity index is 1.79. The van der Waals surface area contributed by atoms with Crippen molar-refractivity contribution >= 4 is 23.6 Å². The van der Waals surface area contributed by atoms with E-state index in [2.05, 4.69) is 22.6 Å². The highest BCUT2D eigenvalue weighted by Gasteiger charge is 2.25. The molecule has 0 aliphatic heterocycles. The summed E-state index contributed by atoms with van der Waals surface area (Å²) in [4.78, 5) is 27.3. The fourth-order valence-electron chi connectivity index (χ4n) is 2.41. The largest absolute Gasteiger partial charge is 0.383 e. The Kier molecular flexibility index (Phi) is 8.24. The number of nitrogens with one attached hydrogen (secondary N) is 2. The first-order chi connectivity index (χ1) is 12.1. The Morgan fingerprint density at radius 3 is 2.72 bits per heavy atom. The van der Waals surface area contributed by atoms with E-state index >= 15 is 0 Å². The van der Waals surface area contributed by atoms with Crippen LogP contribution in [-0.2, 0) is 9.53 Å². The summed E-state index contributed by atoms with van der Waals surface area (Å²) in [5.74, 6) is 0.119. The van der Waals surface area contributed by atoms with Gasteiger partial charge in [-0.05, 0) is 32.0 Å². The molecule has 7 heteroatoms. The normalized spacial score (nSPS) is 13.7. The number of hydrogen-bond acceptors (Lipinski definition) is 5. The molecular weight excluding hydrogens is 338 g/mol. The summed E-state index contributed by atoms with van der Waals surface area (Å²) >= 11 is 1.37. The van der Waals surface area contributed by atoms with Crippen molar-refractivity contribution in [1.29, 1.82) is 0 Å². The molecule has 25 heavy (non-hydrogen) atoms. The molecule has 0 bridgehead atoms. The Morgan fingerprint density at radius 2 is 2.00 bits per heavy atom. The topological polar surface area (TPSA) is 70.7 Å². The third kappa shape index (κ3) is 7.05. The zero-order chi connectivity index (χ0) is 18.1. The molecule has 1 aromatic carbocycles. The maximum atomic E-state index is 12.4. The molecular formula is C18H27N3O3S. The summed E-state index contributed by atoms with van der Waals surface area (Å²) in [5, 5.41) is 5.75. The second-order valence-corrected chi connectivity index (χ2v) is 7.11. The van der Waals surface area contributed by atoms with Crippen LogP contribution < -0.4 is 10.6 Å². The van der Waals surface area contributed by atoms with Crippen molar-refractivity contribution in [3.05, 3.63) is 29.8 Å². The summed E-state index contributed by atoms with van der Waals surface area (Å²) in [7, 11) is 3.69. The van der Waals surface area contributed by atoms with Crippen LogP contribution in [0.1, 0.15) is 23.2 Å². The maximum Gasteiger partial charge on any atom is 0.252 e. The van der Waals surface area contributed by atoms with Crippen molar-refractivity contribution in [3.8, 4) is 0 Å². The number of hydrogen-bond donors (Lipinski definition) is 2. The third-order valence-electron chi connectivity index (χ3n) is 4.04. The van der Waals surface area contributed by atoms with Gasteiger partial charge in [0.25, 0.3) is 5.91 Å². The molecule has 0 unspecified atom stereocenters. The molecule has 2 amide bonds. The van der Waals surface area contributed by atoms with E-state index in [4.69, 9.17) is 4.74 Å². The van der Waals surface area contributed by atoms with E-state index in [9.17, 15) is 9.59 Å². The predicted molar refractivity (Wildman–Crippen MR) is 100 cm³/mol. The molecule has 0 radical (unpaired) electrons. The van der Waals surface area contributed by atoms with Crippen LogP contribution in [-0.4, -0.2) is 68.9 Å². The van der Waals surface area contributed by atoms with Gasteiger partial charge < -0.3 is 20.3 Å². The van der Waals surface area contributed by atoms with Gasteiger partial charge in [0.15, 0.2) is 0 Å². The van der Waals surface area contributed by atoms with Crippen LogP contribution in [0.3, 0.4) is 0 Å². The van der Waals surface area contributed by atoms with Crippen LogP contribution in [0.15, 0.2) is 29.2 Å². The van der Waals surface area contributed by atoms with E-state index in [1.807, 2.05) is 18.2 Å². The molecule has 1 saturated carbocycles. The van der Waals surface area contributed by atoms with Gasteiger partial charge in [-0.1, -0.05) is 12.1 Å². The third-order valence-corrected chi connectivity index (χ3v) is 5.11. The summed E-state index contributed by atoms with van der Waals surface area (Å²) in [6, 6.07) is 8.08. The molecule has 0 spiro atoms. The van der Waals surface area contributed by atoms with Crippen LogP contribution >= 0.6 is 11.8 Å². The minimum atomic E-state index is -0.0907. The highest BCUT2D eigenvalue weighted by Crippen LogP contribution is 2.25. The molecule has 1 aliphatic rings. The minimum absolute atomic E-state index is 0.0664. The SMILES string of the molecule is COCCNC(=O)CSc1ccccc1C(=O)NCCN(C)C1CC1. The Morgan fingerprint density at radius 1 is 1.24 bits per heavy atom. The second-order valence-electron chi connectivity index (χ2n) is 6.10. The van der Waals surface area contributed by atoms with Gasteiger partial charge in [0.2, 0.25) is 5.91 Å². The predicted octanol–water partition coefficient (Wildman–Crippen LogP) is 1.37. The molecule has 1 aliphatic carbocycles. The number of thioether (sulfide) groups is 1. The highest BCUT2D eigenvalue weighted by atomic mass is 32.2. The van der Waals surface area contributed by atoms with Gasteiger partial charge in [0.05, 0.1) is 17.9 Å². The van der Waals surface area contributed by atoms with Gasteiger partial charge >= 0.3 is 0 Å². The molecule has 138 valence electrons. The van der Waals surface area contributed by atoms with Crippen LogP contribution in [0.2, 0.25) is 0 Å². The molecule has 1 aromatic rings. The first-order valence-corrected chi connectivity index (χ1v) is 9.56. The highest BCUT2D eigenvalue weighted by molar-refractivity contribution is 8.00.